The number of sulfonamides is 1. The van der Waals surface area contributed by atoms with Crippen molar-refractivity contribution in [3.05, 3.63) is 60.8 Å². The number of ether oxygens (including phenoxy) is 1. The molecule has 1 aromatic heterocycles. The molecule has 188 valence electrons. The van der Waals surface area contributed by atoms with Crippen LogP contribution < -0.4 is 25.0 Å². The van der Waals surface area contributed by atoms with Crippen LogP contribution in [0.5, 0.6) is 5.75 Å². The third-order valence-corrected chi connectivity index (χ3v) is 6.22. The van der Waals surface area contributed by atoms with Crippen molar-refractivity contribution < 1.29 is 26.3 Å². The van der Waals surface area contributed by atoms with Crippen LogP contribution in [0.4, 0.5) is 36.3 Å². The number of anilines is 4. The minimum atomic E-state index is -4.85. The van der Waals surface area contributed by atoms with Gasteiger partial charge < -0.3 is 20.3 Å². The first kappa shape index (κ1) is 26.3. The van der Waals surface area contributed by atoms with Crippen LogP contribution in [0.1, 0.15) is 0 Å². The van der Waals surface area contributed by atoms with E-state index >= 15 is 0 Å². The molecule has 0 amide bonds. The number of rotatable bonds is 7. The van der Waals surface area contributed by atoms with Gasteiger partial charge in [0.15, 0.2) is 0 Å². The summed E-state index contributed by atoms with van der Waals surface area (Å²) in [5.74, 6) is 0.715. The third kappa shape index (κ3) is 7.34. The number of hydrogen-bond donors (Lipinski definition) is 3. The zero-order valence-corrected chi connectivity index (χ0v) is 19.8. The summed E-state index contributed by atoms with van der Waals surface area (Å²) < 4.78 is 68.0. The van der Waals surface area contributed by atoms with E-state index in [0.717, 1.165) is 50.4 Å². The third-order valence-electron chi connectivity index (χ3n) is 4.82. The zero-order valence-electron chi connectivity index (χ0n) is 18.1. The standard InChI is InChI=1S/C21H21F3N6O3S.ClH/c22-21(23,24)33-17-5-7-18(8-6-17)34(31,32)29-16-3-1-15(2-4-16)27-19-9-10-26-20(28-19)30-13-11-25-12-14-30;/h1-10,25,29H,11-14H2,(H,26,27,28);1H. The molecule has 0 aliphatic carbocycles. The number of nitrogens with one attached hydrogen (secondary N) is 3. The van der Waals surface area contributed by atoms with Gasteiger partial charge in [0.1, 0.15) is 11.6 Å². The Morgan fingerprint density at radius 1 is 0.943 bits per heavy atom. The van der Waals surface area contributed by atoms with Crippen molar-refractivity contribution in [1.82, 2.24) is 15.3 Å². The van der Waals surface area contributed by atoms with E-state index in [1.54, 1.807) is 36.5 Å². The summed E-state index contributed by atoms with van der Waals surface area (Å²) in [6.45, 7) is 3.36. The van der Waals surface area contributed by atoms with Gasteiger partial charge in [0, 0.05) is 43.8 Å². The molecule has 2 aromatic carbocycles. The molecule has 1 fully saturated rings. The van der Waals surface area contributed by atoms with Gasteiger partial charge in [-0.1, -0.05) is 0 Å². The van der Waals surface area contributed by atoms with Crippen LogP contribution in [0.2, 0.25) is 0 Å². The maximum absolute atomic E-state index is 12.5. The molecule has 0 atom stereocenters. The molecule has 0 radical (unpaired) electrons. The van der Waals surface area contributed by atoms with Crippen molar-refractivity contribution in [1.29, 1.82) is 0 Å². The first-order valence-electron chi connectivity index (χ1n) is 10.2. The minimum Gasteiger partial charge on any atom is -0.406 e. The molecule has 0 bridgehead atoms. The van der Waals surface area contributed by atoms with Gasteiger partial charge in [-0.05, 0) is 54.6 Å². The van der Waals surface area contributed by atoms with E-state index in [2.05, 4.69) is 35.0 Å². The maximum Gasteiger partial charge on any atom is 0.573 e. The summed E-state index contributed by atoms with van der Waals surface area (Å²) in [4.78, 5) is 10.7. The SMILES string of the molecule is Cl.O=S(=O)(Nc1ccc(Nc2ccnc(N3CCNCC3)n2)cc1)c1ccc(OC(F)(F)F)cc1. The van der Waals surface area contributed by atoms with Crippen molar-refractivity contribution in [2.75, 3.05) is 41.1 Å². The Hall–Kier alpha value is -3.29. The van der Waals surface area contributed by atoms with Crippen molar-refractivity contribution in [3.63, 3.8) is 0 Å². The van der Waals surface area contributed by atoms with E-state index < -0.39 is 22.1 Å². The summed E-state index contributed by atoms with van der Waals surface area (Å²) in [7, 11) is -4.00. The Morgan fingerprint density at radius 3 is 2.20 bits per heavy atom. The highest BCUT2D eigenvalue weighted by Gasteiger charge is 2.31. The van der Waals surface area contributed by atoms with Gasteiger partial charge in [0.25, 0.3) is 10.0 Å². The average Bonchev–Trinajstić information content (AvgIpc) is 2.80. The molecule has 0 unspecified atom stereocenters. The van der Waals surface area contributed by atoms with Crippen LogP contribution in [-0.2, 0) is 10.0 Å². The summed E-state index contributed by atoms with van der Waals surface area (Å²) >= 11 is 0. The molecule has 0 spiro atoms. The number of alkyl halides is 3. The number of halogens is 4. The lowest BCUT2D eigenvalue weighted by Gasteiger charge is -2.27. The highest BCUT2D eigenvalue weighted by atomic mass is 35.5. The Balaban J connectivity index is 0.00000342. The lowest BCUT2D eigenvalue weighted by atomic mass is 10.3. The first-order chi connectivity index (χ1) is 16.2. The lowest BCUT2D eigenvalue weighted by Crippen LogP contribution is -2.44. The largest absolute Gasteiger partial charge is 0.573 e. The summed E-state index contributed by atoms with van der Waals surface area (Å²) in [6, 6.07) is 12.1. The number of hydrogen-bond acceptors (Lipinski definition) is 8. The molecule has 3 aromatic rings. The molecule has 14 heteroatoms. The Bertz CT molecular complexity index is 1220. The van der Waals surface area contributed by atoms with Crippen LogP contribution >= 0.6 is 12.4 Å². The number of aromatic nitrogens is 2. The van der Waals surface area contributed by atoms with Crippen LogP contribution in [0.15, 0.2) is 65.7 Å². The van der Waals surface area contributed by atoms with E-state index in [9.17, 15) is 21.6 Å². The molecule has 1 aliphatic rings. The second-order valence-corrected chi connectivity index (χ2v) is 8.99. The molecule has 1 saturated heterocycles. The zero-order chi connectivity index (χ0) is 24.2. The Kier molecular flexibility index (Phi) is 8.25. The topological polar surface area (TPSA) is 108 Å². The highest BCUT2D eigenvalue weighted by Crippen LogP contribution is 2.25. The minimum absolute atomic E-state index is 0. The smallest absolute Gasteiger partial charge is 0.406 e. The fraction of sp³-hybridized carbons (Fsp3) is 0.238. The van der Waals surface area contributed by atoms with Crippen molar-refractivity contribution in [3.8, 4) is 5.75 Å². The van der Waals surface area contributed by atoms with Gasteiger partial charge in [-0.3, -0.25) is 4.72 Å². The fourth-order valence-electron chi connectivity index (χ4n) is 3.24. The van der Waals surface area contributed by atoms with Crippen LogP contribution in [0.25, 0.3) is 0 Å². The number of benzene rings is 2. The van der Waals surface area contributed by atoms with Gasteiger partial charge in [-0.2, -0.15) is 4.98 Å². The van der Waals surface area contributed by atoms with E-state index in [0.29, 0.717) is 17.5 Å². The van der Waals surface area contributed by atoms with E-state index in [1.807, 2.05) is 0 Å². The maximum atomic E-state index is 12.5. The van der Waals surface area contributed by atoms with Crippen LogP contribution in [-0.4, -0.2) is 50.9 Å². The molecule has 4 rings (SSSR count). The highest BCUT2D eigenvalue weighted by molar-refractivity contribution is 7.92. The quantitative estimate of drug-likeness (QED) is 0.424. The Labute approximate surface area is 206 Å². The second kappa shape index (κ2) is 11.0. The molecule has 0 saturated carbocycles. The van der Waals surface area contributed by atoms with E-state index in [-0.39, 0.29) is 23.0 Å². The first-order valence-corrected chi connectivity index (χ1v) is 11.7. The van der Waals surface area contributed by atoms with Gasteiger partial charge >= 0.3 is 6.36 Å². The van der Waals surface area contributed by atoms with Crippen LogP contribution in [0, 0.1) is 0 Å². The normalized spacial score (nSPS) is 14.1. The van der Waals surface area contributed by atoms with Gasteiger partial charge in [0.05, 0.1) is 4.90 Å². The number of nitrogens with zero attached hydrogens (tertiary/aromatic N) is 3. The van der Waals surface area contributed by atoms with Crippen molar-refractivity contribution in [2.24, 2.45) is 0 Å². The molecular formula is C21H22ClF3N6O3S. The van der Waals surface area contributed by atoms with Gasteiger partial charge in [0.2, 0.25) is 5.95 Å². The van der Waals surface area contributed by atoms with Crippen molar-refractivity contribution >= 4 is 45.6 Å². The molecule has 2 heterocycles. The van der Waals surface area contributed by atoms with Gasteiger partial charge in [-0.25, -0.2) is 13.4 Å². The molecule has 3 N–H and O–H groups in total. The van der Waals surface area contributed by atoms with Crippen molar-refractivity contribution in [2.45, 2.75) is 11.3 Å². The number of piperazine rings is 1. The average molecular weight is 531 g/mol. The molecule has 9 nitrogen and oxygen atoms in total. The van der Waals surface area contributed by atoms with Gasteiger partial charge in [-0.15, -0.1) is 25.6 Å². The molecular weight excluding hydrogens is 509 g/mol. The predicted molar refractivity (Wildman–Crippen MR) is 128 cm³/mol. The summed E-state index contributed by atoms with van der Waals surface area (Å²) in [6.07, 6.45) is -3.19. The van der Waals surface area contributed by atoms with Crippen LogP contribution in [0.3, 0.4) is 0 Å². The fourth-order valence-corrected chi connectivity index (χ4v) is 4.30. The monoisotopic (exact) mass is 530 g/mol. The molecule has 1 aliphatic heterocycles. The van der Waals surface area contributed by atoms with E-state index in [1.165, 1.54) is 0 Å². The second-order valence-electron chi connectivity index (χ2n) is 7.31. The summed E-state index contributed by atoms with van der Waals surface area (Å²) in [5.41, 5.74) is 0.965. The summed E-state index contributed by atoms with van der Waals surface area (Å²) in [5, 5.41) is 6.43. The van der Waals surface area contributed by atoms with E-state index in [4.69, 9.17) is 0 Å². The molecule has 35 heavy (non-hydrogen) atoms. The lowest BCUT2D eigenvalue weighted by molar-refractivity contribution is -0.274. The Morgan fingerprint density at radius 2 is 1.57 bits per heavy atom. The predicted octanol–water partition coefficient (Wildman–Crippen LogP) is 3.75.